The summed E-state index contributed by atoms with van der Waals surface area (Å²) in [6.45, 7) is 4.61. The molecule has 2 nitrogen and oxygen atoms in total. The largest absolute Gasteiger partial charge is 0.345 e. The Bertz CT molecular complexity index is 111. The zero-order valence-electron chi connectivity index (χ0n) is 5.05. The van der Waals surface area contributed by atoms with E-state index < -0.39 is 0 Å². The van der Waals surface area contributed by atoms with Gasteiger partial charge in [-0.2, -0.15) is 0 Å². The summed E-state index contributed by atoms with van der Waals surface area (Å²) < 4.78 is 0. The summed E-state index contributed by atoms with van der Waals surface area (Å²) in [5.74, 6) is 0.553. The van der Waals surface area contributed by atoms with Gasteiger partial charge in [-0.3, -0.25) is 4.79 Å². The molecule has 0 N–H and O–H groups in total. The number of nitrogens with zero attached hydrogens (tertiary/aromatic N) is 1. The molecule has 1 atom stereocenters. The molecule has 45 valence electrons. The lowest BCUT2D eigenvalue weighted by Gasteiger charge is -2.04. The van der Waals surface area contributed by atoms with Gasteiger partial charge in [0.05, 0.1) is 0 Å². The third-order valence-electron chi connectivity index (χ3n) is 1.42. The minimum absolute atomic E-state index is 0.227. The van der Waals surface area contributed by atoms with Gasteiger partial charge in [0.2, 0.25) is 5.91 Å². The van der Waals surface area contributed by atoms with E-state index >= 15 is 0 Å². The molecule has 1 saturated heterocycles. The third-order valence-corrected chi connectivity index (χ3v) is 1.42. The Morgan fingerprint density at radius 1 is 1.88 bits per heavy atom. The molecule has 1 rings (SSSR count). The first kappa shape index (κ1) is 5.60. The standard InChI is InChI=1S/C6H10NO/c1-5-3-6(8)7(2)4-5/h5H,1,3-4H2,2H3. The van der Waals surface area contributed by atoms with Crippen molar-refractivity contribution in [2.45, 2.75) is 6.42 Å². The summed E-state index contributed by atoms with van der Waals surface area (Å²) in [5, 5.41) is 0. The Hall–Kier alpha value is -0.530. The first-order valence-electron chi connectivity index (χ1n) is 2.77. The SMILES string of the molecule is [CH2]C1CC(=O)N(C)C1. The number of hydrogen-bond donors (Lipinski definition) is 0. The van der Waals surface area contributed by atoms with Crippen LogP contribution in [-0.4, -0.2) is 24.4 Å². The van der Waals surface area contributed by atoms with Gasteiger partial charge in [0.15, 0.2) is 0 Å². The van der Waals surface area contributed by atoms with Crippen molar-refractivity contribution in [3.8, 4) is 0 Å². The summed E-state index contributed by atoms with van der Waals surface area (Å²) in [4.78, 5) is 12.4. The van der Waals surface area contributed by atoms with Crippen LogP contribution in [0.1, 0.15) is 6.42 Å². The smallest absolute Gasteiger partial charge is 0.222 e. The predicted octanol–water partition coefficient (Wildman–Crippen LogP) is 0.299. The van der Waals surface area contributed by atoms with E-state index in [0.717, 1.165) is 6.54 Å². The fourth-order valence-electron chi connectivity index (χ4n) is 0.956. The van der Waals surface area contributed by atoms with Crippen LogP contribution in [0.3, 0.4) is 0 Å². The first-order valence-corrected chi connectivity index (χ1v) is 2.77. The molecule has 0 bridgehead atoms. The predicted molar refractivity (Wildman–Crippen MR) is 31.1 cm³/mol. The molecule has 0 aromatic heterocycles. The van der Waals surface area contributed by atoms with Gasteiger partial charge in [-0.05, 0) is 12.8 Å². The molecule has 0 saturated carbocycles. The molecule has 0 spiro atoms. The van der Waals surface area contributed by atoms with Crippen LogP contribution in [0, 0.1) is 12.8 Å². The van der Waals surface area contributed by atoms with Crippen LogP contribution in [0.15, 0.2) is 0 Å². The van der Waals surface area contributed by atoms with E-state index in [1.165, 1.54) is 0 Å². The molecule has 1 aliphatic rings. The van der Waals surface area contributed by atoms with Crippen molar-refractivity contribution in [2.24, 2.45) is 5.92 Å². The average Bonchev–Trinajstić information content (AvgIpc) is 1.85. The quantitative estimate of drug-likeness (QED) is 0.441. The first-order chi connectivity index (χ1) is 3.70. The number of amides is 1. The van der Waals surface area contributed by atoms with Crippen LogP contribution in [0.25, 0.3) is 0 Å². The van der Waals surface area contributed by atoms with Crippen LogP contribution < -0.4 is 0 Å². The van der Waals surface area contributed by atoms with Crippen molar-refractivity contribution in [1.29, 1.82) is 0 Å². The highest BCUT2D eigenvalue weighted by Gasteiger charge is 2.22. The average molecular weight is 112 g/mol. The van der Waals surface area contributed by atoms with Gasteiger partial charge < -0.3 is 4.90 Å². The van der Waals surface area contributed by atoms with Crippen molar-refractivity contribution in [3.63, 3.8) is 0 Å². The van der Waals surface area contributed by atoms with Crippen LogP contribution in [0.2, 0.25) is 0 Å². The zero-order valence-corrected chi connectivity index (χ0v) is 5.05. The maximum Gasteiger partial charge on any atom is 0.222 e. The van der Waals surface area contributed by atoms with Crippen molar-refractivity contribution in [3.05, 3.63) is 6.92 Å². The molecule has 1 radical (unpaired) electrons. The molecule has 1 heterocycles. The Kier molecular flexibility index (Phi) is 1.24. The zero-order chi connectivity index (χ0) is 6.15. The summed E-state index contributed by atoms with van der Waals surface area (Å²) in [7, 11) is 1.81. The monoisotopic (exact) mass is 112 g/mol. The lowest BCUT2D eigenvalue weighted by atomic mass is 10.2. The van der Waals surface area contributed by atoms with E-state index in [9.17, 15) is 4.79 Å². The molecule has 0 aromatic rings. The number of carbonyl (C=O) groups is 1. The van der Waals surface area contributed by atoms with E-state index in [0.29, 0.717) is 12.3 Å². The minimum atomic E-state index is 0.227. The maximum absolute atomic E-state index is 10.7. The van der Waals surface area contributed by atoms with E-state index in [1.807, 2.05) is 7.05 Å². The summed E-state index contributed by atoms with van der Waals surface area (Å²) in [6.07, 6.45) is 0.635. The Labute approximate surface area is 49.5 Å². The van der Waals surface area contributed by atoms with Gasteiger partial charge in [0.25, 0.3) is 0 Å². The van der Waals surface area contributed by atoms with E-state index in [2.05, 4.69) is 6.92 Å². The lowest BCUT2D eigenvalue weighted by Crippen LogP contribution is -2.18. The minimum Gasteiger partial charge on any atom is -0.345 e. The number of likely N-dealkylation sites (tertiary alicyclic amines) is 1. The Balaban J connectivity index is 2.51. The van der Waals surface area contributed by atoms with Crippen LogP contribution >= 0.6 is 0 Å². The fourth-order valence-corrected chi connectivity index (χ4v) is 0.956. The van der Waals surface area contributed by atoms with Gasteiger partial charge in [0, 0.05) is 20.0 Å². The maximum atomic E-state index is 10.7. The summed E-state index contributed by atoms with van der Waals surface area (Å²) in [6, 6.07) is 0. The normalized spacial score (nSPS) is 29.5. The Morgan fingerprint density at radius 2 is 2.50 bits per heavy atom. The number of rotatable bonds is 0. The van der Waals surface area contributed by atoms with Crippen molar-refractivity contribution in [1.82, 2.24) is 4.90 Å². The van der Waals surface area contributed by atoms with Crippen molar-refractivity contribution < 1.29 is 4.79 Å². The van der Waals surface area contributed by atoms with Gasteiger partial charge in [-0.15, -0.1) is 0 Å². The van der Waals surface area contributed by atoms with Crippen molar-refractivity contribution in [2.75, 3.05) is 13.6 Å². The van der Waals surface area contributed by atoms with Gasteiger partial charge in [-0.25, -0.2) is 0 Å². The molecule has 0 aliphatic carbocycles. The van der Waals surface area contributed by atoms with E-state index in [1.54, 1.807) is 4.90 Å². The van der Waals surface area contributed by atoms with Crippen LogP contribution in [0.5, 0.6) is 0 Å². The third kappa shape index (κ3) is 0.831. The highest BCUT2D eigenvalue weighted by atomic mass is 16.2. The summed E-state index contributed by atoms with van der Waals surface area (Å²) >= 11 is 0. The number of hydrogen-bond acceptors (Lipinski definition) is 1. The van der Waals surface area contributed by atoms with Gasteiger partial charge >= 0.3 is 0 Å². The highest BCUT2D eigenvalue weighted by molar-refractivity contribution is 5.78. The molecule has 8 heavy (non-hydrogen) atoms. The molecular formula is C6H10NO. The molecule has 1 unspecified atom stereocenters. The second-order valence-corrected chi connectivity index (χ2v) is 2.34. The molecule has 1 amide bonds. The van der Waals surface area contributed by atoms with Crippen LogP contribution in [0.4, 0.5) is 0 Å². The number of carbonyl (C=O) groups excluding carboxylic acids is 1. The molecule has 2 heteroatoms. The van der Waals surface area contributed by atoms with Crippen molar-refractivity contribution >= 4 is 5.91 Å². The van der Waals surface area contributed by atoms with Crippen LogP contribution in [-0.2, 0) is 4.79 Å². The topological polar surface area (TPSA) is 20.3 Å². The molecule has 1 aliphatic heterocycles. The molecule has 1 fully saturated rings. The molecule has 0 aromatic carbocycles. The van der Waals surface area contributed by atoms with E-state index in [4.69, 9.17) is 0 Å². The second kappa shape index (κ2) is 1.77. The van der Waals surface area contributed by atoms with E-state index in [-0.39, 0.29) is 5.91 Å². The Morgan fingerprint density at radius 3 is 2.62 bits per heavy atom. The lowest BCUT2D eigenvalue weighted by molar-refractivity contribution is -0.126. The fraction of sp³-hybridized carbons (Fsp3) is 0.667. The van der Waals surface area contributed by atoms with Gasteiger partial charge in [-0.1, -0.05) is 0 Å². The highest BCUT2D eigenvalue weighted by Crippen LogP contribution is 2.13. The second-order valence-electron chi connectivity index (χ2n) is 2.34. The van der Waals surface area contributed by atoms with Gasteiger partial charge in [0.1, 0.15) is 0 Å². The summed E-state index contributed by atoms with van der Waals surface area (Å²) in [5.41, 5.74) is 0. The molecular weight excluding hydrogens is 102 g/mol.